The van der Waals surface area contributed by atoms with Gasteiger partial charge in [-0.15, -0.1) is 0 Å². The number of amides is 2. The molecule has 8 nitrogen and oxygen atoms in total. The van der Waals surface area contributed by atoms with Gasteiger partial charge in [0.1, 0.15) is 5.82 Å². The summed E-state index contributed by atoms with van der Waals surface area (Å²) in [5.41, 5.74) is 2.99. The van der Waals surface area contributed by atoms with Crippen molar-refractivity contribution in [2.45, 2.75) is 20.3 Å². The van der Waals surface area contributed by atoms with Gasteiger partial charge in [-0.05, 0) is 31.5 Å². The average molecular weight is 449 g/mol. The van der Waals surface area contributed by atoms with Crippen LogP contribution < -0.4 is 16.2 Å². The van der Waals surface area contributed by atoms with Crippen LogP contribution in [0.15, 0.2) is 65.5 Å². The quantitative estimate of drug-likeness (QED) is 0.408. The second kappa shape index (κ2) is 9.07. The van der Waals surface area contributed by atoms with E-state index in [-0.39, 0.29) is 11.5 Å². The number of aromatic nitrogens is 4. The van der Waals surface area contributed by atoms with Crippen molar-refractivity contribution in [3.8, 4) is 17.2 Å². The van der Waals surface area contributed by atoms with E-state index in [1.54, 1.807) is 37.3 Å². The first-order valence-corrected chi connectivity index (χ1v) is 10.4. The minimum absolute atomic E-state index is 0.213. The molecule has 2 aromatic carbocycles. The molecule has 0 aliphatic carbocycles. The van der Waals surface area contributed by atoms with E-state index in [0.29, 0.717) is 39.9 Å². The minimum atomic E-state index is -0.489. The summed E-state index contributed by atoms with van der Waals surface area (Å²) in [5.74, 6) is 0.556. The van der Waals surface area contributed by atoms with Crippen LogP contribution in [0.4, 0.5) is 16.3 Å². The molecule has 3 N–H and O–H groups in total. The number of nitrogens with one attached hydrogen (secondary N) is 3. The lowest BCUT2D eigenvalue weighted by Gasteiger charge is -2.11. The zero-order valence-electron chi connectivity index (χ0n) is 17.5. The van der Waals surface area contributed by atoms with Crippen molar-refractivity contribution < 1.29 is 4.79 Å². The van der Waals surface area contributed by atoms with Crippen molar-refractivity contribution in [1.29, 1.82) is 0 Å². The lowest BCUT2D eigenvalue weighted by atomic mass is 10.2. The van der Waals surface area contributed by atoms with Crippen LogP contribution in [0.3, 0.4) is 0 Å². The second-order valence-electron chi connectivity index (χ2n) is 7.09. The number of halogens is 1. The standard InChI is InChI=1S/C23H21ClN6O2/c1-3-18-14(2)25-22(28-21(18)31)30-20(13-19(29-30)15-8-5-4-6-9-15)27-23(32)26-17-11-7-10-16(24)12-17/h4-13H,3H2,1-2H3,(H,25,28,31)(H2,26,27,32). The first kappa shape index (κ1) is 21.3. The summed E-state index contributed by atoms with van der Waals surface area (Å²) in [5, 5.41) is 10.6. The molecular formula is C23H21ClN6O2. The molecule has 0 bridgehead atoms. The normalized spacial score (nSPS) is 10.7. The third-order valence-electron chi connectivity index (χ3n) is 4.87. The summed E-state index contributed by atoms with van der Waals surface area (Å²) in [6.07, 6.45) is 0.565. The summed E-state index contributed by atoms with van der Waals surface area (Å²) in [7, 11) is 0. The van der Waals surface area contributed by atoms with Gasteiger partial charge in [0.25, 0.3) is 5.56 Å². The Hall–Kier alpha value is -3.91. The van der Waals surface area contributed by atoms with Crippen LogP contribution in [-0.4, -0.2) is 25.8 Å². The number of urea groups is 1. The number of rotatable bonds is 5. The molecule has 32 heavy (non-hydrogen) atoms. The number of carbonyl (C=O) groups is 1. The Bertz CT molecular complexity index is 1330. The Morgan fingerprint density at radius 3 is 2.56 bits per heavy atom. The Labute approximate surface area is 189 Å². The van der Waals surface area contributed by atoms with E-state index in [0.717, 1.165) is 5.56 Å². The highest BCUT2D eigenvalue weighted by atomic mass is 35.5. The molecule has 2 amide bonds. The molecule has 0 spiro atoms. The summed E-state index contributed by atoms with van der Waals surface area (Å²) in [6, 6.07) is 17.6. The number of nitrogens with zero attached hydrogens (tertiary/aromatic N) is 3. The number of hydrogen-bond acceptors (Lipinski definition) is 4. The fourth-order valence-electron chi connectivity index (χ4n) is 3.34. The molecule has 2 aromatic heterocycles. The molecule has 0 saturated carbocycles. The molecule has 4 rings (SSSR count). The van der Waals surface area contributed by atoms with E-state index in [2.05, 4.69) is 25.7 Å². The summed E-state index contributed by atoms with van der Waals surface area (Å²) in [4.78, 5) is 32.4. The molecular weight excluding hydrogens is 428 g/mol. The van der Waals surface area contributed by atoms with E-state index in [9.17, 15) is 9.59 Å². The SMILES string of the molecule is CCc1c(C)nc(-n2nc(-c3ccccc3)cc2NC(=O)Nc2cccc(Cl)c2)[nH]c1=O. The van der Waals surface area contributed by atoms with Gasteiger partial charge in [-0.25, -0.2) is 9.78 Å². The maximum Gasteiger partial charge on any atom is 0.324 e. The van der Waals surface area contributed by atoms with E-state index < -0.39 is 6.03 Å². The first-order chi connectivity index (χ1) is 15.4. The molecule has 0 aliphatic rings. The van der Waals surface area contributed by atoms with Gasteiger partial charge in [0.15, 0.2) is 0 Å². The van der Waals surface area contributed by atoms with Crippen LogP contribution in [-0.2, 0) is 6.42 Å². The Morgan fingerprint density at radius 1 is 1.09 bits per heavy atom. The Kier molecular flexibility index (Phi) is 6.04. The summed E-state index contributed by atoms with van der Waals surface area (Å²) < 4.78 is 1.41. The zero-order valence-corrected chi connectivity index (χ0v) is 18.3. The summed E-state index contributed by atoms with van der Waals surface area (Å²) >= 11 is 5.99. The van der Waals surface area contributed by atoms with Crippen molar-refractivity contribution in [3.63, 3.8) is 0 Å². The fraction of sp³-hybridized carbons (Fsp3) is 0.130. The van der Waals surface area contributed by atoms with Crippen molar-refractivity contribution >= 4 is 29.1 Å². The van der Waals surface area contributed by atoms with Gasteiger partial charge < -0.3 is 5.32 Å². The highest BCUT2D eigenvalue weighted by Gasteiger charge is 2.17. The first-order valence-electron chi connectivity index (χ1n) is 10.0. The van der Waals surface area contributed by atoms with Crippen molar-refractivity contribution in [2.24, 2.45) is 0 Å². The van der Waals surface area contributed by atoms with Gasteiger partial charge in [0.05, 0.1) is 5.69 Å². The van der Waals surface area contributed by atoms with Crippen molar-refractivity contribution in [3.05, 3.63) is 87.3 Å². The number of aromatic amines is 1. The lowest BCUT2D eigenvalue weighted by Crippen LogP contribution is -2.24. The average Bonchev–Trinajstić information content (AvgIpc) is 3.18. The molecule has 162 valence electrons. The van der Waals surface area contributed by atoms with Gasteiger partial charge in [-0.3, -0.25) is 15.1 Å². The molecule has 9 heteroatoms. The lowest BCUT2D eigenvalue weighted by molar-refractivity contribution is 0.262. The molecule has 2 heterocycles. The molecule has 0 aliphatic heterocycles. The number of benzene rings is 2. The highest BCUT2D eigenvalue weighted by Crippen LogP contribution is 2.24. The monoisotopic (exact) mass is 448 g/mol. The van der Waals surface area contributed by atoms with Gasteiger partial charge >= 0.3 is 6.03 Å². The van der Waals surface area contributed by atoms with Crippen LogP contribution in [0.1, 0.15) is 18.2 Å². The molecule has 0 atom stereocenters. The van der Waals surface area contributed by atoms with E-state index in [4.69, 9.17) is 11.6 Å². The van der Waals surface area contributed by atoms with Gasteiger partial charge in [-0.2, -0.15) is 9.78 Å². The van der Waals surface area contributed by atoms with Crippen LogP contribution in [0.5, 0.6) is 0 Å². The number of hydrogen-bond donors (Lipinski definition) is 3. The van der Waals surface area contributed by atoms with Gasteiger partial charge in [-0.1, -0.05) is 54.9 Å². The van der Waals surface area contributed by atoms with E-state index in [1.165, 1.54) is 4.68 Å². The molecule has 0 unspecified atom stereocenters. The van der Waals surface area contributed by atoms with Crippen LogP contribution in [0, 0.1) is 6.92 Å². The Morgan fingerprint density at radius 2 is 1.88 bits per heavy atom. The number of carbonyl (C=O) groups excluding carboxylic acids is 1. The third kappa shape index (κ3) is 4.55. The molecule has 0 saturated heterocycles. The van der Waals surface area contributed by atoms with E-state index >= 15 is 0 Å². The van der Waals surface area contributed by atoms with Crippen molar-refractivity contribution in [1.82, 2.24) is 19.7 Å². The van der Waals surface area contributed by atoms with Gasteiger partial charge in [0, 0.05) is 33.6 Å². The predicted octanol–water partition coefficient (Wildman–Crippen LogP) is 4.79. The van der Waals surface area contributed by atoms with E-state index in [1.807, 2.05) is 37.3 Å². The van der Waals surface area contributed by atoms with Crippen LogP contribution >= 0.6 is 11.6 Å². The van der Waals surface area contributed by atoms with Gasteiger partial charge in [0.2, 0.25) is 5.95 Å². The highest BCUT2D eigenvalue weighted by molar-refractivity contribution is 6.30. The van der Waals surface area contributed by atoms with Crippen molar-refractivity contribution in [2.75, 3.05) is 10.6 Å². The third-order valence-corrected chi connectivity index (χ3v) is 5.10. The number of H-pyrrole nitrogens is 1. The summed E-state index contributed by atoms with van der Waals surface area (Å²) in [6.45, 7) is 3.67. The zero-order chi connectivity index (χ0) is 22.7. The van der Waals surface area contributed by atoms with Crippen LogP contribution in [0.25, 0.3) is 17.2 Å². The molecule has 0 radical (unpaired) electrons. The maximum atomic E-state index is 12.7. The number of aryl methyl sites for hydroxylation is 1. The maximum absolute atomic E-state index is 12.7. The minimum Gasteiger partial charge on any atom is -0.308 e. The van der Waals surface area contributed by atoms with Crippen LogP contribution in [0.2, 0.25) is 5.02 Å². The molecule has 0 fully saturated rings. The molecule has 4 aromatic rings. The number of anilines is 2. The largest absolute Gasteiger partial charge is 0.324 e. The smallest absolute Gasteiger partial charge is 0.308 e. The second-order valence-corrected chi connectivity index (χ2v) is 7.53. The fourth-order valence-corrected chi connectivity index (χ4v) is 3.53. The predicted molar refractivity (Wildman–Crippen MR) is 126 cm³/mol. The Balaban J connectivity index is 1.73. The topological polar surface area (TPSA) is 105 Å².